The smallest absolute Gasteiger partial charge is 0.0119 e. The molecule has 0 saturated heterocycles. The van der Waals surface area contributed by atoms with Crippen LogP contribution in [-0.4, -0.2) is 0 Å². The van der Waals surface area contributed by atoms with Gasteiger partial charge in [0.15, 0.2) is 0 Å². The van der Waals surface area contributed by atoms with Crippen molar-refractivity contribution in [2.75, 3.05) is 0 Å². The van der Waals surface area contributed by atoms with Gasteiger partial charge in [0.25, 0.3) is 0 Å². The van der Waals surface area contributed by atoms with E-state index < -0.39 is 0 Å². The van der Waals surface area contributed by atoms with Gasteiger partial charge >= 0.3 is 0 Å². The van der Waals surface area contributed by atoms with Gasteiger partial charge in [-0.25, -0.2) is 0 Å². The van der Waals surface area contributed by atoms with Gasteiger partial charge in [0.05, 0.1) is 0 Å². The maximum atomic E-state index is 4.04. The van der Waals surface area contributed by atoms with Crippen molar-refractivity contribution in [3.63, 3.8) is 0 Å². The number of rotatable bonds is 3. The molecule has 0 unspecified atom stereocenters. The summed E-state index contributed by atoms with van der Waals surface area (Å²) in [7, 11) is 0. The van der Waals surface area contributed by atoms with Crippen molar-refractivity contribution in [1.29, 1.82) is 0 Å². The lowest BCUT2D eigenvalue weighted by molar-refractivity contribution is 1.60. The first-order chi connectivity index (χ1) is 6.24. The number of thioether (sulfide) groups is 1. The maximum Gasteiger partial charge on any atom is 0.0119 e. The molecule has 0 atom stereocenters. The molecule has 0 bridgehead atoms. The van der Waals surface area contributed by atoms with E-state index in [1.165, 1.54) is 10.5 Å². The van der Waals surface area contributed by atoms with Gasteiger partial charge in [0.1, 0.15) is 0 Å². The molecule has 1 aromatic rings. The van der Waals surface area contributed by atoms with E-state index in [2.05, 4.69) is 31.7 Å². The average molecular weight is 190 g/mol. The molecule has 0 amide bonds. The highest BCUT2D eigenvalue weighted by atomic mass is 32.2. The molecule has 1 rings (SSSR count). The summed E-state index contributed by atoms with van der Waals surface area (Å²) in [6.45, 7) is 8.17. The number of hydrogen-bond acceptors (Lipinski definition) is 1. The molecule has 0 N–H and O–H groups in total. The van der Waals surface area contributed by atoms with Crippen molar-refractivity contribution in [2.24, 2.45) is 0 Å². The third kappa shape index (κ3) is 3.11. The minimum absolute atomic E-state index is 1.11. The van der Waals surface area contributed by atoms with Gasteiger partial charge in [-0.15, -0.1) is 0 Å². The molecule has 1 heteroatoms. The van der Waals surface area contributed by atoms with Gasteiger partial charge in [0.2, 0.25) is 0 Å². The summed E-state index contributed by atoms with van der Waals surface area (Å²) in [5, 5.41) is 0. The molecular weight excluding hydrogens is 176 g/mol. The predicted molar refractivity (Wildman–Crippen MR) is 62.5 cm³/mol. The van der Waals surface area contributed by atoms with Gasteiger partial charge in [0, 0.05) is 4.91 Å². The van der Waals surface area contributed by atoms with E-state index in [4.69, 9.17) is 0 Å². The molecule has 13 heavy (non-hydrogen) atoms. The lowest BCUT2D eigenvalue weighted by atomic mass is 10.2. The Morgan fingerprint density at radius 2 is 1.92 bits per heavy atom. The molecule has 0 aliphatic carbocycles. The van der Waals surface area contributed by atoms with Crippen LogP contribution in [0.25, 0.3) is 4.91 Å². The quantitative estimate of drug-likeness (QED) is 0.684. The summed E-state index contributed by atoms with van der Waals surface area (Å²) in [5.41, 5.74) is 1.20. The van der Waals surface area contributed by atoms with Crippen LogP contribution in [0, 0.1) is 0 Å². The first-order valence-corrected chi connectivity index (χ1v) is 5.11. The Morgan fingerprint density at radius 3 is 2.46 bits per heavy atom. The van der Waals surface area contributed by atoms with Crippen LogP contribution < -0.4 is 0 Å². The highest BCUT2D eigenvalue weighted by Gasteiger charge is 1.98. The van der Waals surface area contributed by atoms with Crippen LogP contribution in [0.5, 0.6) is 0 Å². The summed E-state index contributed by atoms with van der Waals surface area (Å²) in [4.78, 5) is 2.39. The van der Waals surface area contributed by atoms with Crippen LogP contribution in [0.3, 0.4) is 0 Å². The van der Waals surface area contributed by atoms with E-state index in [0.29, 0.717) is 0 Å². The fourth-order valence-corrected chi connectivity index (χ4v) is 1.70. The van der Waals surface area contributed by atoms with Gasteiger partial charge in [-0.05, 0) is 24.3 Å². The third-order valence-electron chi connectivity index (χ3n) is 1.79. The first-order valence-electron chi connectivity index (χ1n) is 4.29. The van der Waals surface area contributed by atoms with Gasteiger partial charge < -0.3 is 0 Å². The predicted octanol–water partition coefficient (Wildman–Crippen LogP) is 4.31. The minimum atomic E-state index is 1.11. The Morgan fingerprint density at radius 1 is 1.31 bits per heavy atom. The summed E-state index contributed by atoms with van der Waals surface area (Å²) < 4.78 is 0. The van der Waals surface area contributed by atoms with Crippen molar-refractivity contribution in [3.05, 3.63) is 53.5 Å². The van der Waals surface area contributed by atoms with Crippen molar-refractivity contribution >= 4 is 16.7 Å². The fourth-order valence-electron chi connectivity index (χ4n) is 0.936. The summed E-state index contributed by atoms with van der Waals surface area (Å²) in [6, 6.07) is 10.2. The molecule has 68 valence electrons. The Bertz CT molecular complexity index is 309. The molecule has 0 aliphatic heterocycles. The molecule has 0 fully saturated rings. The second-order valence-corrected chi connectivity index (χ2v) is 4.13. The monoisotopic (exact) mass is 190 g/mol. The van der Waals surface area contributed by atoms with Crippen molar-refractivity contribution < 1.29 is 0 Å². The Hall–Kier alpha value is -0.950. The van der Waals surface area contributed by atoms with E-state index in [-0.39, 0.29) is 0 Å². The number of allylic oxidation sites excluding steroid dienone is 2. The van der Waals surface area contributed by atoms with Crippen LogP contribution in [0.4, 0.5) is 0 Å². The molecule has 0 radical (unpaired) electrons. The standard InChI is InChI=1S/C12H14S/c1-4-10(2)13-11(3)12-8-6-5-7-9-12/h4-9H,3H2,1-2H3/b10-4-. The van der Waals surface area contributed by atoms with Crippen molar-refractivity contribution in [3.8, 4) is 0 Å². The number of benzene rings is 1. The van der Waals surface area contributed by atoms with Crippen LogP contribution in [0.2, 0.25) is 0 Å². The van der Waals surface area contributed by atoms with Crippen molar-refractivity contribution in [1.82, 2.24) is 0 Å². The summed E-state index contributed by atoms with van der Waals surface area (Å²) in [6.07, 6.45) is 2.10. The zero-order valence-electron chi connectivity index (χ0n) is 8.08. The molecule has 0 spiro atoms. The van der Waals surface area contributed by atoms with Crippen LogP contribution >= 0.6 is 11.8 Å². The van der Waals surface area contributed by atoms with Crippen molar-refractivity contribution in [2.45, 2.75) is 13.8 Å². The molecule has 0 saturated carbocycles. The summed E-state index contributed by atoms with van der Waals surface area (Å²) >= 11 is 1.72. The van der Waals surface area contributed by atoms with Crippen LogP contribution in [0.1, 0.15) is 19.4 Å². The first kappa shape index (κ1) is 10.1. The molecule has 0 heterocycles. The average Bonchev–Trinajstić information content (AvgIpc) is 2.19. The van der Waals surface area contributed by atoms with E-state index >= 15 is 0 Å². The summed E-state index contributed by atoms with van der Waals surface area (Å²) in [5.74, 6) is 0. The zero-order valence-corrected chi connectivity index (χ0v) is 8.90. The zero-order chi connectivity index (χ0) is 9.68. The Labute approximate surface area is 84.4 Å². The molecule has 0 aromatic heterocycles. The SMILES string of the molecule is C=C(S/C(C)=C\C)c1ccccc1. The van der Waals surface area contributed by atoms with Gasteiger partial charge in [-0.1, -0.05) is 54.7 Å². The Balaban J connectivity index is 2.70. The normalized spacial score (nSPS) is 11.4. The lowest BCUT2D eigenvalue weighted by Crippen LogP contribution is -1.76. The highest BCUT2D eigenvalue weighted by Crippen LogP contribution is 2.31. The second-order valence-electron chi connectivity index (χ2n) is 2.79. The lowest BCUT2D eigenvalue weighted by Gasteiger charge is -2.04. The van der Waals surface area contributed by atoms with Gasteiger partial charge in [-0.2, -0.15) is 0 Å². The molecule has 0 nitrogen and oxygen atoms in total. The topological polar surface area (TPSA) is 0 Å². The van der Waals surface area contributed by atoms with Crippen LogP contribution in [0.15, 0.2) is 47.9 Å². The van der Waals surface area contributed by atoms with Gasteiger partial charge in [-0.3, -0.25) is 0 Å². The molecular formula is C12H14S. The second kappa shape index (κ2) is 4.93. The molecule has 1 aromatic carbocycles. The highest BCUT2D eigenvalue weighted by molar-refractivity contribution is 8.11. The van der Waals surface area contributed by atoms with E-state index in [0.717, 1.165) is 4.91 Å². The minimum Gasteiger partial charge on any atom is -0.0952 e. The van der Waals surface area contributed by atoms with E-state index in [1.54, 1.807) is 11.8 Å². The number of hydrogen-bond donors (Lipinski definition) is 0. The van der Waals surface area contributed by atoms with Crippen LogP contribution in [-0.2, 0) is 0 Å². The third-order valence-corrected chi connectivity index (χ3v) is 2.83. The Kier molecular flexibility index (Phi) is 3.84. The largest absolute Gasteiger partial charge is 0.0952 e. The maximum absolute atomic E-state index is 4.04. The van der Waals surface area contributed by atoms with E-state index in [1.807, 2.05) is 25.1 Å². The fraction of sp³-hybridized carbons (Fsp3) is 0.167. The molecule has 0 aliphatic rings. The van der Waals surface area contributed by atoms with E-state index in [9.17, 15) is 0 Å².